The minimum atomic E-state index is -0.560. The summed E-state index contributed by atoms with van der Waals surface area (Å²) in [5, 5.41) is 0.597. The number of hydrogen-bond acceptors (Lipinski definition) is 5. The lowest BCUT2D eigenvalue weighted by Crippen LogP contribution is -2.43. The van der Waals surface area contributed by atoms with Crippen LogP contribution >= 0.6 is 0 Å². The molecule has 2 aromatic heterocycles. The molecule has 0 bridgehead atoms. The molecule has 0 unspecified atom stereocenters. The molecule has 138 valence electrons. The van der Waals surface area contributed by atoms with Crippen LogP contribution in [0, 0.1) is 5.92 Å². The highest BCUT2D eigenvalue weighted by molar-refractivity contribution is 6.04. The fraction of sp³-hybridized carbons (Fsp3) is 0.316. The number of nitrogens with zero attached hydrogens (tertiary/aromatic N) is 4. The number of ketones is 1. The number of rotatable bonds is 3. The van der Waals surface area contributed by atoms with Crippen molar-refractivity contribution in [3.8, 4) is 0 Å². The molecule has 1 aliphatic rings. The summed E-state index contributed by atoms with van der Waals surface area (Å²) in [6.45, 7) is 0.833. The second-order valence-corrected chi connectivity index (χ2v) is 6.75. The number of fused-ring (bicyclic) bond motifs is 1. The Balaban J connectivity index is 1.62. The molecule has 8 heteroatoms. The van der Waals surface area contributed by atoms with E-state index in [1.54, 1.807) is 53.2 Å². The first-order valence-electron chi connectivity index (χ1n) is 8.84. The average molecular weight is 365 g/mol. The molecular formula is C19H19N5O3. The summed E-state index contributed by atoms with van der Waals surface area (Å²) in [6.07, 6.45) is 4.74. The number of carbonyl (C=O) groups excluding carboxylic acids is 2. The first-order chi connectivity index (χ1) is 13.0. The zero-order valence-corrected chi connectivity index (χ0v) is 14.9. The number of carbonyl (C=O) groups is 2. The Morgan fingerprint density at radius 1 is 1.26 bits per heavy atom. The first-order valence-corrected chi connectivity index (χ1v) is 8.84. The van der Waals surface area contributed by atoms with Gasteiger partial charge in [-0.15, -0.1) is 0 Å². The number of nitrogens with one attached hydrogen (secondary N) is 1. The molecule has 27 heavy (non-hydrogen) atoms. The van der Waals surface area contributed by atoms with Crippen molar-refractivity contribution in [2.75, 3.05) is 13.1 Å². The Kier molecular flexibility index (Phi) is 4.31. The lowest BCUT2D eigenvalue weighted by molar-refractivity contribution is 0.0629. The number of aromatic nitrogens is 4. The van der Waals surface area contributed by atoms with Crippen LogP contribution in [0.15, 0.2) is 41.5 Å². The topological polar surface area (TPSA) is 101 Å². The zero-order chi connectivity index (χ0) is 19.0. The third-order valence-electron chi connectivity index (χ3n) is 4.96. The highest BCUT2D eigenvalue weighted by Gasteiger charge is 2.32. The lowest BCUT2D eigenvalue weighted by Gasteiger charge is -2.31. The van der Waals surface area contributed by atoms with E-state index in [2.05, 4.69) is 15.0 Å². The number of aryl methyl sites for hydroxylation is 1. The van der Waals surface area contributed by atoms with Crippen molar-refractivity contribution in [3.63, 3.8) is 0 Å². The number of aromatic amines is 1. The van der Waals surface area contributed by atoms with E-state index in [0.29, 0.717) is 42.7 Å². The predicted octanol–water partition coefficient (Wildman–Crippen LogP) is 1.39. The number of hydrogen-bond donors (Lipinski definition) is 1. The molecule has 1 fully saturated rings. The third kappa shape index (κ3) is 3.14. The molecule has 0 aliphatic carbocycles. The Morgan fingerprint density at radius 2 is 2.07 bits per heavy atom. The number of likely N-dealkylation sites (tertiary alicyclic amines) is 1. The maximum Gasteiger partial charge on any atom is 0.346 e. The highest BCUT2D eigenvalue weighted by atomic mass is 16.2. The molecule has 0 saturated carbocycles. The van der Waals surface area contributed by atoms with Gasteiger partial charge < -0.3 is 14.5 Å². The molecule has 1 aromatic carbocycles. The number of benzene rings is 1. The van der Waals surface area contributed by atoms with Gasteiger partial charge in [0.15, 0.2) is 5.82 Å². The molecule has 1 aliphatic heterocycles. The second kappa shape index (κ2) is 6.79. The van der Waals surface area contributed by atoms with Crippen LogP contribution in [0.4, 0.5) is 0 Å². The minimum Gasteiger partial charge on any atom is -0.337 e. The monoisotopic (exact) mass is 365 g/mol. The van der Waals surface area contributed by atoms with Gasteiger partial charge in [-0.25, -0.2) is 9.78 Å². The van der Waals surface area contributed by atoms with Crippen LogP contribution in [-0.2, 0) is 7.05 Å². The summed E-state index contributed by atoms with van der Waals surface area (Å²) >= 11 is 0. The molecule has 1 N–H and O–H groups in total. The first kappa shape index (κ1) is 17.1. The summed E-state index contributed by atoms with van der Waals surface area (Å²) in [7, 11) is 1.78. The van der Waals surface area contributed by atoms with Gasteiger partial charge in [0.1, 0.15) is 5.69 Å². The number of Topliss-reactive ketones (excluding diaryl/α,β-unsaturated/α-hetero) is 1. The Labute approximate surface area is 154 Å². The van der Waals surface area contributed by atoms with Crippen molar-refractivity contribution in [2.24, 2.45) is 13.0 Å². The number of amides is 1. The van der Waals surface area contributed by atoms with Crippen LogP contribution in [0.3, 0.4) is 0 Å². The molecule has 1 saturated heterocycles. The fourth-order valence-electron chi connectivity index (χ4n) is 3.58. The van der Waals surface area contributed by atoms with E-state index in [4.69, 9.17) is 0 Å². The normalized spacial score (nSPS) is 17.2. The van der Waals surface area contributed by atoms with Gasteiger partial charge in [0.25, 0.3) is 5.91 Å². The molecule has 1 amide bonds. The summed E-state index contributed by atoms with van der Waals surface area (Å²) in [6, 6.07) is 7.07. The Morgan fingerprint density at radius 3 is 2.85 bits per heavy atom. The predicted molar refractivity (Wildman–Crippen MR) is 98.5 cm³/mol. The molecular weight excluding hydrogens is 346 g/mol. The summed E-state index contributed by atoms with van der Waals surface area (Å²) < 4.78 is 1.69. The zero-order valence-electron chi connectivity index (χ0n) is 14.9. The van der Waals surface area contributed by atoms with Gasteiger partial charge in [-0.1, -0.05) is 18.2 Å². The largest absolute Gasteiger partial charge is 0.346 e. The van der Waals surface area contributed by atoms with E-state index in [1.165, 1.54) is 0 Å². The maximum atomic E-state index is 13.1. The Bertz CT molecular complexity index is 1080. The molecule has 3 heterocycles. The van der Waals surface area contributed by atoms with Crippen molar-refractivity contribution < 1.29 is 9.59 Å². The van der Waals surface area contributed by atoms with Crippen LogP contribution in [0.1, 0.15) is 33.9 Å². The SMILES string of the molecule is Cn1ccnc1C(=O)[C@H]1CCCN(C(=O)c2nc(=O)[nH]c3ccccc23)C1. The van der Waals surface area contributed by atoms with Gasteiger partial charge >= 0.3 is 5.69 Å². The third-order valence-corrected chi connectivity index (χ3v) is 4.96. The number of imidazole rings is 1. The van der Waals surface area contributed by atoms with E-state index in [-0.39, 0.29) is 23.3 Å². The van der Waals surface area contributed by atoms with Crippen LogP contribution in [0.25, 0.3) is 10.9 Å². The molecule has 8 nitrogen and oxygen atoms in total. The van der Waals surface area contributed by atoms with Gasteiger partial charge in [-0.3, -0.25) is 9.59 Å². The summed E-state index contributed by atoms with van der Waals surface area (Å²) in [4.78, 5) is 50.0. The highest BCUT2D eigenvalue weighted by Crippen LogP contribution is 2.23. The van der Waals surface area contributed by atoms with E-state index in [9.17, 15) is 14.4 Å². The second-order valence-electron chi connectivity index (χ2n) is 6.75. The van der Waals surface area contributed by atoms with Crippen LogP contribution in [0.5, 0.6) is 0 Å². The van der Waals surface area contributed by atoms with Gasteiger partial charge in [-0.2, -0.15) is 4.98 Å². The summed E-state index contributed by atoms with van der Waals surface area (Å²) in [5.41, 5.74) is 0.132. The number of para-hydroxylation sites is 1. The lowest BCUT2D eigenvalue weighted by atomic mass is 9.93. The maximum absolute atomic E-state index is 13.1. The van der Waals surface area contributed by atoms with Gasteiger partial charge in [0, 0.05) is 43.8 Å². The van der Waals surface area contributed by atoms with Gasteiger partial charge in [0.05, 0.1) is 5.52 Å². The standard InChI is InChI=1S/C19H19N5O3/c1-23-10-8-20-17(23)16(25)12-5-4-9-24(11-12)18(26)15-13-6-2-3-7-14(13)21-19(27)22-15/h2-3,6-8,10,12H,4-5,9,11H2,1H3,(H,21,22,27)/t12-/m0/s1. The Hall–Kier alpha value is -3.29. The van der Waals surface area contributed by atoms with Crippen LogP contribution in [-0.4, -0.2) is 49.2 Å². The van der Waals surface area contributed by atoms with Crippen LogP contribution in [0.2, 0.25) is 0 Å². The van der Waals surface area contributed by atoms with Crippen molar-refractivity contribution in [1.82, 2.24) is 24.4 Å². The van der Waals surface area contributed by atoms with Gasteiger partial charge in [0.2, 0.25) is 5.78 Å². The quantitative estimate of drug-likeness (QED) is 0.707. The van der Waals surface area contributed by atoms with E-state index in [1.807, 2.05) is 0 Å². The fourth-order valence-corrected chi connectivity index (χ4v) is 3.58. The van der Waals surface area contributed by atoms with Crippen LogP contribution < -0.4 is 5.69 Å². The molecule has 3 aromatic rings. The van der Waals surface area contributed by atoms with E-state index >= 15 is 0 Å². The van der Waals surface area contributed by atoms with E-state index in [0.717, 1.165) is 0 Å². The molecule has 1 atom stereocenters. The number of H-pyrrole nitrogens is 1. The van der Waals surface area contributed by atoms with Crippen molar-refractivity contribution in [1.29, 1.82) is 0 Å². The molecule has 4 rings (SSSR count). The van der Waals surface area contributed by atoms with Crippen molar-refractivity contribution in [2.45, 2.75) is 12.8 Å². The summed E-state index contributed by atoms with van der Waals surface area (Å²) in [5.74, 6) is -0.301. The average Bonchev–Trinajstić information content (AvgIpc) is 3.12. The van der Waals surface area contributed by atoms with Crippen molar-refractivity contribution >= 4 is 22.6 Å². The smallest absolute Gasteiger partial charge is 0.337 e. The minimum absolute atomic E-state index is 0.0660. The van der Waals surface area contributed by atoms with E-state index < -0.39 is 5.69 Å². The molecule has 0 spiro atoms. The number of piperidine rings is 1. The van der Waals surface area contributed by atoms with Crippen molar-refractivity contribution in [3.05, 3.63) is 58.7 Å². The van der Waals surface area contributed by atoms with Gasteiger partial charge in [-0.05, 0) is 18.9 Å². The molecule has 0 radical (unpaired) electrons.